The van der Waals surface area contributed by atoms with Crippen LogP contribution in [0.5, 0.6) is 5.75 Å². The molecule has 4 aromatic rings. The Morgan fingerprint density at radius 1 is 1.03 bits per heavy atom. The number of fused-ring (bicyclic) bond motifs is 1. The van der Waals surface area contributed by atoms with Crippen molar-refractivity contribution in [1.82, 2.24) is 9.88 Å². The van der Waals surface area contributed by atoms with Gasteiger partial charge in [0.25, 0.3) is 5.91 Å². The number of aromatic nitrogens is 1. The molecule has 1 amide bonds. The van der Waals surface area contributed by atoms with Crippen molar-refractivity contribution in [2.75, 3.05) is 0 Å². The number of ether oxygens (including phenoxy) is 1. The summed E-state index contributed by atoms with van der Waals surface area (Å²) >= 11 is 0. The lowest BCUT2D eigenvalue weighted by molar-refractivity contribution is -0.152. The number of nitrogens with one attached hydrogen (secondary N) is 1. The molecule has 0 saturated carbocycles. The first-order valence-corrected chi connectivity index (χ1v) is 13.0. The fourth-order valence-electron chi connectivity index (χ4n) is 4.88. The maximum atomic E-state index is 13.2. The molecule has 2 N–H and O–H groups in total. The second-order valence-electron chi connectivity index (χ2n) is 10.4. The van der Waals surface area contributed by atoms with E-state index in [2.05, 4.69) is 29.8 Å². The lowest BCUT2D eigenvalue weighted by Gasteiger charge is -2.21. The quantitative estimate of drug-likeness (QED) is 0.265. The van der Waals surface area contributed by atoms with Gasteiger partial charge in [0, 0.05) is 28.7 Å². The molecule has 0 fully saturated rings. The molecule has 1 atom stereocenters. The monoisotopic (exact) mass is 512 g/mol. The lowest BCUT2D eigenvalue weighted by Crippen LogP contribution is -2.37. The van der Waals surface area contributed by atoms with Crippen LogP contribution < -0.4 is 10.1 Å². The molecule has 3 aromatic carbocycles. The van der Waals surface area contributed by atoms with Crippen LogP contribution >= 0.6 is 0 Å². The first kappa shape index (κ1) is 27.0. The summed E-state index contributed by atoms with van der Waals surface area (Å²) in [6, 6.07) is 21.5. The summed E-state index contributed by atoms with van der Waals surface area (Å²) in [6.45, 7) is 12.1. The molecule has 1 heterocycles. The second kappa shape index (κ2) is 10.7. The van der Waals surface area contributed by atoms with E-state index >= 15 is 0 Å². The summed E-state index contributed by atoms with van der Waals surface area (Å²) in [5.74, 6) is -0.596. The summed E-state index contributed by atoms with van der Waals surface area (Å²) < 4.78 is 7.98. The first-order valence-electron chi connectivity index (χ1n) is 13.0. The van der Waals surface area contributed by atoms with Crippen LogP contribution in [0.25, 0.3) is 10.9 Å². The molecule has 6 nitrogen and oxygen atoms in total. The third-order valence-electron chi connectivity index (χ3n) is 7.09. The highest BCUT2D eigenvalue weighted by Crippen LogP contribution is 2.30. The molecule has 1 aromatic heterocycles. The minimum absolute atomic E-state index is 0.102. The Hall–Kier alpha value is -4.06. The molecule has 0 spiro atoms. The highest BCUT2D eigenvalue weighted by molar-refractivity contribution is 5.99. The van der Waals surface area contributed by atoms with Gasteiger partial charge < -0.3 is 19.7 Å². The third-order valence-corrected chi connectivity index (χ3v) is 7.09. The fourth-order valence-corrected chi connectivity index (χ4v) is 4.88. The number of amides is 1. The molecule has 0 aliphatic carbocycles. The van der Waals surface area contributed by atoms with E-state index in [4.69, 9.17) is 4.74 Å². The third kappa shape index (κ3) is 5.59. The smallest absolute Gasteiger partial charge is 0.347 e. The van der Waals surface area contributed by atoms with Crippen molar-refractivity contribution in [2.45, 2.75) is 66.2 Å². The van der Waals surface area contributed by atoms with Crippen LogP contribution in [0.2, 0.25) is 0 Å². The van der Waals surface area contributed by atoms with E-state index in [9.17, 15) is 14.7 Å². The summed E-state index contributed by atoms with van der Waals surface area (Å²) in [5.41, 5.74) is 5.92. The van der Waals surface area contributed by atoms with Gasteiger partial charge in [-0.2, -0.15) is 0 Å². The van der Waals surface area contributed by atoms with Gasteiger partial charge in [0.05, 0.1) is 6.04 Å². The number of carboxylic acids is 1. The van der Waals surface area contributed by atoms with E-state index in [0.717, 1.165) is 39.8 Å². The summed E-state index contributed by atoms with van der Waals surface area (Å²) in [6.07, 6.45) is 0.663. The van der Waals surface area contributed by atoms with Crippen LogP contribution in [0, 0.1) is 13.8 Å². The molecule has 6 heteroatoms. The van der Waals surface area contributed by atoms with Gasteiger partial charge in [-0.25, -0.2) is 4.79 Å². The molecule has 38 heavy (non-hydrogen) atoms. The fraction of sp³-hybridized carbons (Fsp3) is 0.312. The van der Waals surface area contributed by atoms with Crippen LogP contribution in [0.15, 0.2) is 66.7 Å². The number of carbonyl (C=O) groups is 2. The minimum Gasteiger partial charge on any atom is -0.478 e. The van der Waals surface area contributed by atoms with E-state index in [1.807, 2.05) is 68.4 Å². The number of aryl methyl sites for hydroxylation is 2. The van der Waals surface area contributed by atoms with Crippen molar-refractivity contribution in [2.24, 2.45) is 0 Å². The van der Waals surface area contributed by atoms with Gasteiger partial charge in [0.15, 0.2) is 5.60 Å². The van der Waals surface area contributed by atoms with Crippen molar-refractivity contribution in [3.63, 3.8) is 0 Å². The average molecular weight is 513 g/mol. The Morgan fingerprint density at radius 2 is 1.76 bits per heavy atom. The predicted molar refractivity (Wildman–Crippen MR) is 151 cm³/mol. The second-order valence-corrected chi connectivity index (χ2v) is 10.4. The predicted octanol–water partition coefficient (Wildman–Crippen LogP) is 6.60. The van der Waals surface area contributed by atoms with Gasteiger partial charge in [-0.1, -0.05) is 48.0 Å². The SMILES string of the molecule is CCn1c(C)c(Cc2cccc(OC(C)(C)C(=O)O)c2)c2ccc(C(=O)N[C@@H](C)c3cccc(C)c3)cc21. The Kier molecular flexibility index (Phi) is 7.63. The number of rotatable bonds is 9. The van der Waals surface area contributed by atoms with Gasteiger partial charge in [0.1, 0.15) is 5.75 Å². The number of nitrogens with zero attached hydrogens (tertiary/aromatic N) is 1. The normalized spacial score (nSPS) is 12.4. The molecular formula is C32H36N2O4. The largest absolute Gasteiger partial charge is 0.478 e. The van der Waals surface area contributed by atoms with E-state index < -0.39 is 11.6 Å². The summed E-state index contributed by atoms with van der Waals surface area (Å²) in [4.78, 5) is 24.7. The average Bonchev–Trinajstić information content (AvgIpc) is 3.13. The number of carbonyl (C=O) groups excluding carboxylic acids is 1. The van der Waals surface area contributed by atoms with E-state index in [1.165, 1.54) is 19.4 Å². The maximum Gasteiger partial charge on any atom is 0.347 e. The Morgan fingerprint density at radius 3 is 2.45 bits per heavy atom. The number of carboxylic acid groups (broad SMARTS) is 1. The highest BCUT2D eigenvalue weighted by atomic mass is 16.5. The van der Waals surface area contributed by atoms with Crippen molar-refractivity contribution in [1.29, 1.82) is 0 Å². The van der Waals surface area contributed by atoms with Gasteiger partial charge in [-0.3, -0.25) is 4.79 Å². The minimum atomic E-state index is -1.32. The molecule has 0 bridgehead atoms. The standard InChI is InChI=1S/C32H36N2O4/c1-7-34-22(4)28(18-23-11-9-13-26(17-23)38-32(5,6)31(36)37)27-15-14-25(19-29(27)34)30(35)33-21(3)24-12-8-10-20(2)16-24/h8-17,19,21H,7,18H2,1-6H3,(H,33,35)(H,36,37)/t21-/m0/s1. The zero-order valence-corrected chi connectivity index (χ0v) is 23.0. The van der Waals surface area contributed by atoms with Crippen LogP contribution in [-0.2, 0) is 17.8 Å². The Balaban J connectivity index is 1.62. The zero-order chi connectivity index (χ0) is 27.6. The molecule has 0 aliphatic rings. The molecular weight excluding hydrogens is 476 g/mol. The van der Waals surface area contributed by atoms with Gasteiger partial charge in [0.2, 0.25) is 0 Å². The number of benzene rings is 3. The molecule has 198 valence electrons. The van der Waals surface area contributed by atoms with Crippen molar-refractivity contribution in [3.8, 4) is 5.75 Å². The molecule has 0 saturated heterocycles. The summed E-state index contributed by atoms with van der Waals surface area (Å²) in [5, 5.41) is 13.6. The van der Waals surface area contributed by atoms with Crippen molar-refractivity contribution in [3.05, 3.63) is 100 Å². The Labute approximate surface area is 224 Å². The lowest BCUT2D eigenvalue weighted by atomic mass is 10.0. The zero-order valence-electron chi connectivity index (χ0n) is 23.0. The van der Waals surface area contributed by atoms with E-state index in [-0.39, 0.29) is 11.9 Å². The molecule has 0 unspecified atom stereocenters. The van der Waals surface area contributed by atoms with Crippen LogP contribution in [0.1, 0.15) is 72.0 Å². The molecule has 0 aliphatic heterocycles. The Bertz CT molecular complexity index is 1500. The van der Waals surface area contributed by atoms with E-state index in [0.29, 0.717) is 17.7 Å². The van der Waals surface area contributed by atoms with Crippen LogP contribution in [0.4, 0.5) is 0 Å². The number of aliphatic carboxylic acids is 1. The highest BCUT2D eigenvalue weighted by Gasteiger charge is 2.29. The number of hydrogen-bond acceptors (Lipinski definition) is 3. The molecule has 4 rings (SSSR count). The van der Waals surface area contributed by atoms with Crippen LogP contribution in [0.3, 0.4) is 0 Å². The van der Waals surface area contributed by atoms with Gasteiger partial charge in [-0.15, -0.1) is 0 Å². The van der Waals surface area contributed by atoms with E-state index in [1.54, 1.807) is 6.07 Å². The first-order chi connectivity index (χ1) is 18.0. The van der Waals surface area contributed by atoms with Crippen LogP contribution in [-0.4, -0.2) is 27.2 Å². The van der Waals surface area contributed by atoms with Crippen molar-refractivity contribution >= 4 is 22.8 Å². The summed E-state index contributed by atoms with van der Waals surface area (Å²) in [7, 11) is 0. The molecule has 0 radical (unpaired) electrons. The maximum absolute atomic E-state index is 13.2. The van der Waals surface area contributed by atoms with Crippen molar-refractivity contribution < 1.29 is 19.4 Å². The van der Waals surface area contributed by atoms with Gasteiger partial charge >= 0.3 is 5.97 Å². The van der Waals surface area contributed by atoms with Gasteiger partial charge in [-0.05, 0) is 88.9 Å². The number of hydrogen-bond donors (Lipinski definition) is 2. The topological polar surface area (TPSA) is 80.6 Å².